The van der Waals surface area contributed by atoms with Gasteiger partial charge in [0.2, 0.25) is 0 Å². The fraction of sp³-hybridized carbons (Fsp3) is 0.647. The van der Waals surface area contributed by atoms with Crippen LogP contribution in [-0.4, -0.2) is 18.7 Å². The first-order valence-corrected chi connectivity index (χ1v) is 7.53. The highest BCUT2D eigenvalue weighted by Crippen LogP contribution is 2.27. The van der Waals surface area contributed by atoms with Gasteiger partial charge in [0.1, 0.15) is 5.75 Å². The predicted octanol–water partition coefficient (Wildman–Crippen LogP) is 4.75. The van der Waals surface area contributed by atoms with Crippen molar-refractivity contribution in [3.05, 3.63) is 28.3 Å². The van der Waals surface area contributed by atoms with Gasteiger partial charge in [0.15, 0.2) is 0 Å². The monoisotopic (exact) mass is 297 g/mol. The highest BCUT2D eigenvalue weighted by atomic mass is 35.5. The molecule has 0 bridgehead atoms. The molecule has 0 aliphatic heterocycles. The smallest absolute Gasteiger partial charge is 0.119 e. The summed E-state index contributed by atoms with van der Waals surface area (Å²) in [5, 5.41) is 4.35. The van der Waals surface area contributed by atoms with E-state index >= 15 is 0 Å². The highest BCUT2D eigenvalue weighted by molar-refractivity contribution is 6.32. The molecule has 0 spiro atoms. The second-order valence-corrected chi connectivity index (χ2v) is 7.81. The summed E-state index contributed by atoms with van der Waals surface area (Å²) in [6.07, 6.45) is 0. The molecule has 2 nitrogen and oxygen atoms in total. The molecule has 1 rings (SSSR count). The molecule has 0 radical (unpaired) electrons. The Kier molecular flexibility index (Phi) is 5.51. The van der Waals surface area contributed by atoms with Crippen molar-refractivity contribution < 1.29 is 4.74 Å². The fourth-order valence-corrected chi connectivity index (χ4v) is 1.93. The Bertz CT molecular complexity index is 438. The Balaban J connectivity index is 2.62. The van der Waals surface area contributed by atoms with Gasteiger partial charge in [-0.3, -0.25) is 0 Å². The molecule has 0 unspecified atom stereocenters. The summed E-state index contributed by atoms with van der Waals surface area (Å²) in [7, 11) is 0. The quantitative estimate of drug-likeness (QED) is 0.847. The zero-order valence-electron chi connectivity index (χ0n) is 13.9. The first-order valence-electron chi connectivity index (χ1n) is 7.15. The van der Waals surface area contributed by atoms with E-state index in [-0.39, 0.29) is 11.0 Å². The summed E-state index contributed by atoms with van der Waals surface area (Å²) in [5.74, 6) is 0.897. The third kappa shape index (κ3) is 5.72. The van der Waals surface area contributed by atoms with Crippen LogP contribution in [0, 0.1) is 19.3 Å². The molecule has 114 valence electrons. The van der Waals surface area contributed by atoms with Crippen LogP contribution < -0.4 is 10.1 Å². The summed E-state index contributed by atoms with van der Waals surface area (Å²) < 4.78 is 5.95. The van der Waals surface area contributed by atoms with E-state index in [1.807, 2.05) is 26.0 Å². The molecule has 20 heavy (non-hydrogen) atoms. The van der Waals surface area contributed by atoms with Gasteiger partial charge in [0, 0.05) is 22.5 Å². The van der Waals surface area contributed by atoms with E-state index in [1.54, 1.807) is 0 Å². The Hall–Kier alpha value is -0.730. The van der Waals surface area contributed by atoms with Crippen molar-refractivity contribution in [1.82, 2.24) is 5.32 Å². The number of halogens is 1. The summed E-state index contributed by atoms with van der Waals surface area (Å²) in [5.41, 5.74) is 2.33. The zero-order valence-corrected chi connectivity index (χ0v) is 14.6. The zero-order chi connectivity index (χ0) is 15.6. The molecule has 3 heteroatoms. The lowest BCUT2D eigenvalue weighted by Crippen LogP contribution is -2.43. The largest absolute Gasteiger partial charge is 0.493 e. The van der Waals surface area contributed by atoms with Crippen molar-refractivity contribution in [1.29, 1.82) is 0 Å². The second kappa shape index (κ2) is 6.36. The summed E-state index contributed by atoms with van der Waals surface area (Å²) in [6, 6.07) is 4.01. The van der Waals surface area contributed by atoms with Gasteiger partial charge in [-0.2, -0.15) is 0 Å². The first kappa shape index (κ1) is 17.3. The van der Waals surface area contributed by atoms with E-state index < -0.39 is 0 Å². The molecule has 0 heterocycles. The minimum absolute atomic E-state index is 0.0781. The van der Waals surface area contributed by atoms with E-state index in [2.05, 4.69) is 39.9 Å². The van der Waals surface area contributed by atoms with E-state index in [9.17, 15) is 0 Å². The molecule has 1 aromatic rings. The number of ether oxygens (including phenoxy) is 1. The van der Waals surface area contributed by atoms with E-state index in [0.717, 1.165) is 28.4 Å². The van der Waals surface area contributed by atoms with Crippen molar-refractivity contribution in [2.45, 2.75) is 54.0 Å². The van der Waals surface area contributed by atoms with E-state index in [1.165, 1.54) is 0 Å². The summed E-state index contributed by atoms with van der Waals surface area (Å²) >= 11 is 6.17. The predicted molar refractivity (Wildman–Crippen MR) is 88.0 cm³/mol. The van der Waals surface area contributed by atoms with Crippen LogP contribution >= 0.6 is 11.6 Å². The minimum Gasteiger partial charge on any atom is -0.493 e. The van der Waals surface area contributed by atoms with Crippen molar-refractivity contribution in [3.63, 3.8) is 0 Å². The van der Waals surface area contributed by atoms with Crippen molar-refractivity contribution >= 4 is 11.6 Å². The van der Waals surface area contributed by atoms with Crippen LogP contribution in [0.3, 0.4) is 0 Å². The first-order chi connectivity index (χ1) is 9.00. The lowest BCUT2D eigenvalue weighted by Gasteiger charge is -2.30. The van der Waals surface area contributed by atoms with E-state index in [4.69, 9.17) is 16.3 Å². The number of hydrogen-bond acceptors (Lipinski definition) is 2. The molecule has 0 atom stereocenters. The van der Waals surface area contributed by atoms with Gasteiger partial charge < -0.3 is 10.1 Å². The van der Waals surface area contributed by atoms with Crippen LogP contribution in [0.1, 0.15) is 45.7 Å². The second-order valence-electron chi connectivity index (χ2n) is 7.43. The average molecular weight is 298 g/mol. The minimum atomic E-state index is 0.0781. The molecular weight excluding hydrogens is 270 g/mol. The molecule has 1 aromatic carbocycles. The molecule has 0 saturated heterocycles. The van der Waals surface area contributed by atoms with Crippen LogP contribution in [0.5, 0.6) is 5.75 Å². The Labute approximate surface area is 128 Å². The van der Waals surface area contributed by atoms with Gasteiger partial charge in [-0.25, -0.2) is 0 Å². The van der Waals surface area contributed by atoms with E-state index in [0.29, 0.717) is 6.61 Å². The Morgan fingerprint density at radius 1 is 1.05 bits per heavy atom. The molecule has 0 aromatic heterocycles. The maximum atomic E-state index is 6.17. The van der Waals surface area contributed by atoms with Gasteiger partial charge in [0.25, 0.3) is 0 Å². The lowest BCUT2D eigenvalue weighted by molar-refractivity contribution is 0.165. The third-order valence-electron chi connectivity index (χ3n) is 3.14. The average Bonchev–Trinajstić information content (AvgIpc) is 2.30. The van der Waals surface area contributed by atoms with Crippen LogP contribution in [0.4, 0.5) is 0 Å². The van der Waals surface area contributed by atoms with Crippen LogP contribution in [0.2, 0.25) is 5.02 Å². The summed E-state index contributed by atoms with van der Waals surface area (Å²) in [6.45, 7) is 16.6. The number of aryl methyl sites for hydroxylation is 2. The Morgan fingerprint density at radius 2 is 1.55 bits per heavy atom. The van der Waals surface area contributed by atoms with Gasteiger partial charge in [-0.1, -0.05) is 25.4 Å². The molecule has 0 saturated carbocycles. The van der Waals surface area contributed by atoms with Gasteiger partial charge in [-0.15, -0.1) is 0 Å². The van der Waals surface area contributed by atoms with Gasteiger partial charge in [0.05, 0.1) is 6.61 Å². The maximum absolute atomic E-state index is 6.17. The van der Waals surface area contributed by atoms with Crippen molar-refractivity contribution in [2.24, 2.45) is 5.41 Å². The van der Waals surface area contributed by atoms with Crippen LogP contribution in [0.25, 0.3) is 0 Å². The number of rotatable bonds is 5. The number of nitrogens with one attached hydrogen (secondary N) is 1. The SMILES string of the molecule is Cc1cc(OCC(C)(C)CNC(C)(C)C)cc(C)c1Cl. The van der Waals surface area contributed by atoms with Crippen molar-refractivity contribution in [3.8, 4) is 5.75 Å². The van der Waals surface area contributed by atoms with Crippen molar-refractivity contribution in [2.75, 3.05) is 13.2 Å². The third-order valence-corrected chi connectivity index (χ3v) is 3.73. The molecule has 0 aliphatic carbocycles. The molecule has 0 amide bonds. The number of benzene rings is 1. The standard InChI is InChI=1S/C17H28ClNO/c1-12-8-14(9-13(2)15(12)18)20-11-17(6,7)10-19-16(3,4)5/h8-9,19H,10-11H2,1-7H3. The lowest BCUT2D eigenvalue weighted by atomic mass is 9.93. The van der Waals surface area contributed by atoms with Crippen LogP contribution in [0.15, 0.2) is 12.1 Å². The topological polar surface area (TPSA) is 21.3 Å². The fourth-order valence-electron chi connectivity index (χ4n) is 1.82. The molecule has 1 N–H and O–H groups in total. The van der Waals surface area contributed by atoms with Gasteiger partial charge >= 0.3 is 0 Å². The maximum Gasteiger partial charge on any atom is 0.119 e. The normalized spacial score (nSPS) is 12.6. The molecular formula is C17H28ClNO. The summed E-state index contributed by atoms with van der Waals surface area (Å²) in [4.78, 5) is 0. The number of hydrogen-bond donors (Lipinski definition) is 1. The van der Waals surface area contributed by atoms with Gasteiger partial charge in [-0.05, 0) is 57.9 Å². The van der Waals surface area contributed by atoms with Crippen LogP contribution in [-0.2, 0) is 0 Å². The molecule has 0 fully saturated rings. The highest BCUT2D eigenvalue weighted by Gasteiger charge is 2.22. The Morgan fingerprint density at radius 3 is 2.00 bits per heavy atom. The molecule has 0 aliphatic rings.